The van der Waals surface area contributed by atoms with Crippen molar-refractivity contribution in [2.75, 3.05) is 6.54 Å². The molecule has 2 atom stereocenters. The highest BCUT2D eigenvalue weighted by atomic mass is 35.5. The minimum absolute atomic E-state index is 0.173. The van der Waals surface area contributed by atoms with Crippen LogP contribution in [0.2, 0.25) is 5.02 Å². The first-order valence-corrected chi connectivity index (χ1v) is 7.84. The molecule has 1 rings (SSSR count). The summed E-state index contributed by atoms with van der Waals surface area (Å²) in [5.74, 6) is -1.99. The number of para-hydroxylation sites is 1. The number of rotatable bonds is 8. The Labute approximate surface area is 150 Å². The second-order valence-electron chi connectivity index (χ2n) is 5.38. The van der Waals surface area contributed by atoms with E-state index in [1.165, 1.54) is 13.0 Å². The normalized spacial score (nSPS) is 12.8. The Kier molecular flexibility index (Phi) is 8.00. The number of benzene rings is 1. The first kappa shape index (κ1) is 20.6. The van der Waals surface area contributed by atoms with Crippen LogP contribution < -0.4 is 10.1 Å². The number of alkyl carbamates (subject to hydrolysis) is 1. The van der Waals surface area contributed by atoms with Crippen molar-refractivity contribution in [3.63, 3.8) is 0 Å². The summed E-state index contributed by atoms with van der Waals surface area (Å²) in [6.45, 7) is 4.21. The van der Waals surface area contributed by atoms with E-state index in [-0.39, 0.29) is 23.2 Å². The zero-order valence-electron chi connectivity index (χ0n) is 14.0. The van der Waals surface area contributed by atoms with Crippen LogP contribution in [0.5, 0.6) is 5.75 Å². The molecule has 1 aromatic rings. The second-order valence-corrected chi connectivity index (χ2v) is 5.79. The second kappa shape index (κ2) is 9.73. The summed E-state index contributed by atoms with van der Waals surface area (Å²) in [7, 11) is 0. The van der Waals surface area contributed by atoms with Gasteiger partial charge in [0, 0.05) is 12.8 Å². The van der Waals surface area contributed by atoms with Crippen LogP contribution in [0.4, 0.5) is 4.79 Å². The van der Waals surface area contributed by atoms with E-state index < -0.39 is 30.4 Å². The predicted octanol–water partition coefficient (Wildman–Crippen LogP) is 2.44. The van der Waals surface area contributed by atoms with Crippen LogP contribution >= 0.6 is 11.6 Å². The summed E-state index contributed by atoms with van der Waals surface area (Å²) in [5, 5.41) is 11.7. The van der Waals surface area contributed by atoms with Gasteiger partial charge in [0.25, 0.3) is 6.29 Å². The Balaban J connectivity index is 2.62. The Morgan fingerprint density at radius 2 is 1.84 bits per heavy atom. The number of carbonyl (C=O) groups excluding carboxylic acids is 2. The van der Waals surface area contributed by atoms with Gasteiger partial charge in [-0.15, -0.1) is 0 Å². The average molecular weight is 374 g/mol. The standard InChI is InChI=1S/C16H20ClNO7/c1-9(2)15(23-10(3)19)25-16(22)18-8-13(14(20)21)24-12-7-5-4-6-11(12)17/h4-7,9,13,15H,8H2,1-3H3,(H,18,22)(H,20,21)/t13-,15+/m0/s1. The molecule has 0 aliphatic carbocycles. The number of nitrogens with one attached hydrogen (secondary N) is 1. The van der Waals surface area contributed by atoms with E-state index in [2.05, 4.69) is 5.32 Å². The summed E-state index contributed by atoms with van der Waals surface area (Å²) < 4.78 is 15.1. The number of carboxylic acid groups (broad SMARTS) is 1. The van der Waals surface area contributed by atoms with E-state index in [9.17, 15) is 19.5 Å². The van der Waals surface area contributed by atoms with Crippen LogP contribution in [0.3, 0.4) is 0 Å². The lowest BCUT2D eigenvalue weighted by Crippen LogP contribution is -2.42. The lowest BCUT2D eigenvalue weighted by atomic mass is 10.2. The Hall–Kier alpha value is -2.48. The van der Waals surface area contributed by atoms with Gasteiger partial charge in [0.1, 0.15) is 5.75 Å². The topological polar surface area (TPSA) is 111 Å². The maximum atomic E-state index is 11.8. The molecule has 0 saturated carbocycles. The quantitative estimate of drug-likeness (QED) is 0.531. The molecular weight excluding hydrogens is 354 g/mol. The highest BCUT2D eigenvalue weighted by Crippen LogP contribution is 2.24. The SMILES string of the molecule is CC(=O)O[C@H](OC(=O)NC[C@H](Oc1ccccc1Cl)C(=O)O)C(C)C. The van der Waals surface area contributed by atoms with Crippen molar-refractivity contribution in [1.82, 2.24) is 5.32 Å². The summed E-state index contributed by atoms with van der Waals surface area (Å²) in [6.07, 6.45) is -3.39. The molecule has 0 saturated heterocycles. The molecule has 2 N–H and O–H groups in total. The van der Waals surface area contributed by atoms with Crippen molar-refractivity contribution in [3.05, 3.63) is 29.3 Å². The lowest BCUT2D eigenvalue weighted by molar-refractivity contribution is -0.172. The lowest BCUT2D eigenvalue weighted by Gasteiger charge is -2.21. The Bertz CT molecular complexity index is 620. The van der Waals surface area contributed by atoms with Crippen LogP contribution in [-0.2, 0) is 19.1 Å². The third-order valence-corrected chi connectivity index (χ3v) is 3.18. The van der Waals surface area contributed by atoms with Gasteiger partial charge in [0.2, 0.25) is 6.10 Å². The monoisotopic (exact) mass is 373 g/mol. The van der Waals surface area contributed by atoms with E-state index in [0.29, 0.717) is 0 Å². The number of hydrogen-bond donors (Lipinski definition) is 2. The molecule has 0 aromatic heterocycles. The van der Waals surface area contributed by atoms with Crippen molar-refractivity contribution in [3.8, 4) is 5.75 Å². The van der Waals surface area contributed by atoms with Crippen LogP contribution in [0.25, 0.3) is 0 Å². The Morgan fingerprint density at radius 3 is 2.36 bits per heavy atom. The van der Waals surface area contributed by atoms with Gasteiger partial charge in [-0.2, -0.15) is 0 Å². The number of ether oxygens (including phenoxy) is 3. The van der Waals surface area contributed by atoms with E-state index in [4.69, 9.17) is 25.8 Å². The molecule has 25 heavy (non-hydrogen) atoms. The van der Waals surface area contributed by atoms with Crippen molar-refractivity contribution >= 4 is 29.6 Å². The van der Waals surface area contributed by atoms with Gasteiger partial charge < -0.3 is 24.6 Å². The molecule has 0 spiro atoms. The number of carbonyl (C=O) groups is 3. The molecule has 0 unspecified atom stereocenters. The van der Waals surface area contributed by atoms with E-state index in [0.717, 1.165) is 0 Å². The molecular formula is C16H20ClNO7. The zero-order chi connectivity index (χ0) is 19.0. The van der Waals surface area contributed by atoms with Crippen LogP contribution in [0.15, 0.2) is 24.3 Å². The third kappa shape index (κ3) is 7.30. The fourth-order valence-corrected chi connectivity index (χ4v) is 1.84. The molecule has 8 nitrogen and oxygen atoms in total. The van der Waals surface area contributed by atoms with Crippen molar-refractivity contribution in [2.24, 2.45) is 5.92 Å². The fraction of sp³-hybridized carbons (Fsp3) is 0.438. The van der Waals surface area contributed by atoms with Crippen molar-refractivity contribution in [2.45, 2.75) is 33.2 Å². The number of halogens is 1. The summed E-state index contributed by atoms with van der Waals surface area (Å²) in [5.41, 5.74) is 0. The van der Waals surface area contributed by atoms with Gasteiger partial charge in [-0.1, -0.05) is 37.6 Å². The molecule has 9 heteroatoms. The molecule has 0 aliphatic heterocycles. The molecule has 0 bridgehead atoms. The van der Waals surface area contributed by atoms with E-state index in [1.807, 2.05) is 0 Å². The predicted molar refractivity (Wildman–Crippen MR) is 88.4 cm³/mol. The number of esters is 1. The van der Waals surface area contributed by atoms with Crippen molar-refractivity contribution in [1.29, 1.82) is 0 Å². The molecule has 0 fully saturated rings. The van der Waals surface area contributed by atoms with Gasteiger partial charge in [-0.25, -0.2) is 9.59 Å². The number of carboxylic acids is 1. The number of hydrogen-bond acceptors (Lipinski definition) is 6. The number of aliphatic carboxylic acids is 1. The number of amides is 1. The highest BCUT2D eigenvalue weighted by Gasteiger charge is 2.25. The van der Waals surface area contributed by atoms with Gasteiger partial charge >= 0.3 is 18.0 Å². The minimum Gasteiger partial charge on any atom is -0.478 e. The minimum atomic E-state index is -1.38. The van der Waals surface area contributed by atoms with Gasteiger partial charge in [-0.05, 0) is 12.1 Å². The fourth-order valence-electron chi connectivity index (χ4n) is 1.66. The van der Waals surface area contributed by atoms with E-state index in [1.54, 1.807) is 32.0 Å². The highest BCUT2D eigenvalue weighted by molar-refractivity contribution is 6.32. The molecule has 0 heterocycles. The molecule has 1 aromatic carbocycles. The molecule has 0 radical (unpaired) electrons. The maximum Gasteiger partial charge on any atom is 0.410 e. The summed E-state index contributed by atoms with van der Waals surface area (Å²) in [6, 6.07) is 6.35. The van der Waals surface area contributed by atoms with Crippen LogP contribution in [0.1, 0.15) is 20.8 Å². The largest absolute Gasteiger partial charge is 0.478 e. The molecule has 0 aliphatic rings. The third-order valence-electron chi connectivity index (χ3n) is 2.86. The van der Waals surface area contributed by atoms with Gasteiger partial charge in [0.05, 0.1) is 11.6 Å². The summed E-state index contributed by atoms with van der Waals surface area (Å²) >= 11 is 5.91. The molecule has 138 valence electrons. The zero-order valence-corrected chi connectivity index (χ0v) is 14.8. The first-order valence-electron chi connectivity index (χ1n) is 7.46. The van der Waals surface area contributed by atoms with Crippen LogP contribution in [0, 0.1) is 5.92 Å². The van der Waals surface area contributed by atoms with Gasteiger partial charge in [-0.3, -0.25) is 4.79 Å². The Morgan fingerprint density at radius 1 is 1.20 bits per heavy atom. The van der Waals surface area contributed by atoms with Crippen molar-refractivity contribution < 1.29 is 33.7 Å². The molecule has 1 amide bonds. The average Bonchev–Trinajstić information content (AvgIpc) is 2.51. The first-order chi connectivity index (χ1) is 11.7. The van der Waals surface area contributed by atoms with Crippen LogP contribution in [-0.4, -0.2) is 42.1 Å². The van der Waals surface area contributed by atoms with E-state index >= 15 is 0 Å². The van der Waals surface area contributed by atoms with Gasteiger partial charge in [0.15, 0.2) is 0 Å². The maximum absolute atomic E-state index is 11.8. The smallest absolute Gasteiger partial charge is 0.410 e. The summed E-state index contributed by atoms with van der Waals surface area (Å²) in [4.78, 5) is 34.0.